The lowest BCUT2D eigenvalue weighted by molar-refractivity contribution is -0.136. The van der Waals surface area contributed by atoms with Gasteiger partial charge in [-0.2, -0.15) is 8.42 Å². The predicted octanol–water partition coefficient (Wildman–Crippen LogP) is -0.393. The van der Waals surface area contributed by atoms with Crippen LogP contribution in [0.2, 0.25) is 0 Å². The summed E-state index contributed by atoms with van der Waals surface area (Å²) in [6.07, 6.45) is 0. The Balaban J connectivity index is 2.37. The molecule has 0 bridgehead atoms. The summed E-state index contributed by atoms with van der Waals surface area (Å²) in [6.45, 7) is -0.270. The number of hydrogen-bond acceptors (Lipinski definition) is 7. The molecule has 3 N–H and O–H groups in total. The number of carbonyl (C=O) groups is 2. The average molecular weight is 356 g/mol. The Bertz CT molecular complexity index is 801. The van der Waals surface area contributed by atoms with Crippen LogP contribution in [-0.4, -0.2) is 61.7 Å². The Labute approximate surface area is 138 Å². The van der Waals surface area contributed by atoms with Crippen molar-refractivity contribution in [3.63, 3.8) is 0 Å². The molecule has 0 unspecified atom stereocenters. The molecule has 1 heterocycles. The SMILES string of the molecule is COC(=O)C1=C(Nc2cccc(S(=O)(=O)O)c2)C(=O)N(CCO)C1. The van der Waals surface area contributed by atoms with Gasteiger partial charge in [0.15, 0.2) is 0 Å². The fraction of sp³-hybridized carbons (Fsp3) is 0.286. The van der Waals surface area contributed by atoms with Crippen molar-refractivity contribution in [2.45, 2.75) is 4.90 Å². The Hall–Kier alpha value is -2.43. The fourth-order valence-electron chi connectivity index (χ4n) is 2.23. The number of methoxy groups -OCH3 is 1. The minimum Gasteiger partial charge on any atom is -0.466 e. The van der Waals surface area contributed by atoms with E-state index >= 15 is 0 Å². The first-order chi connectivity index (χ1) is 11.3. The van der Waals surface area contributed by atoms with E-state index < -0.39 is 22.0 Å². The number of β-amino-alcohol motifs (C(OH)–C–C–N with tert-alkyl or cyclic N) is 1. The summed E-state index contributed by atoms with van der Waals surface area (Å²) in [5, 5.41) is 11.7. The van der Waals surface area contributed by atoms with Crippen molar-refractivity contribution in [1.29, 1.82) is 0 Å². The number of anilines is 1. The molecule has 1 aliphatic rings. The molecule has 2 rings (SSSR count). The van der Waals surface area contributed by atoms with E-state index in [1.807, 2.05) is 0 Å². The highest BCUT2D eigenvalue weighted by Gasteiger charge is 2.34. The van der Waals surface area contributed by atoms with Crippen molar-refractivity contribution in [3.05, 3.63) is 35.5 Å². The van der Waals surface area contributed by atoms with E-state index in [1.54, 1.807) is 0 Å². The van der Waals surface area contributed by atoms with Gasteiger partial charge in [-0.3, -0.25) is 9.35 Å². The average Bonchev–Trinajstić information content (AvgIpc) is 2.83. The van der Waals surface area contributed by atoms with Crippen LogP contribution in [0.5, 0.6) is 0 Å². The van der Waals surface area contributed by atoms with E-state index in [1.165, 1.54) is 30.2 Å². The lowest BCUT2D eigenvalue weighted by Gasteiger charge is -2.15. The first-order valence-corrected chi connectivity index (χ1v) is 8.28. The smallest absolute Gasteiger partial charge is 0.337 e. The van der Waals surface area contributed by atoms with E-state index in [0.29, 0.717) is 0 Å². The molecule has 130 valence electrons. The summed E-state index contributed by atoms with van der Waals surface area (Å²) < 4.78 is 36.1. The maximum Gasteiger partial charge on any atom is 0.337 e. The summed E-state index contributed by atoms with van der Waals surface area (Å²) in [5.41, 5.74) is 0.191. The largest absolute Gasteiger partial charge is 0.466 e. The molecule has 9 nitrogen and oxygen atoms in total. The van der Waals surface area contributed by atoms with E-state index in [9.17, 15) is 18.0 Å². The molecule has 0 fully saturated rings. The van der Waals surface area contributed by atoms with Gasteiger partial charge in [0.05, 0.1) is 30.7 Å². The van der Waals surface area contributed by atoms with E-state index in [4.69, 9.17) is 9.66 Å². The molecule has 1 aliphatic heterocycles. The van der Waals surface area contributed by atoms with Crippen LogP contribution in [0.3, 0.4) is 0 Å². The Morgan fingerprint density at radius 3 is 2.71 bits per heavy atom. The highest BCUT2D eigenvalue weighted by atomic mass is 32.2. The number of amides is 1. The quantitative estimate of drug-likeness (QED) is 0.463. The van der Waals surface area contributed by atoms with Crippen molar-refractivity contribution >= 4 is 27.7 Å². The predicted molar refractivity (Wildman–Crippen MR) is 82.6 cm³/mol. The van der Waals surface area contributed by atoms with E-state index in [2.05, 4.69) is 10.1 Å². The van der Waals surface area contributed by atoms with Crippen molar-refractivity contribution < 1.29 is 32.4 Å². The van der Waals surface area contributed by atoms with Gasteiger partial charge in [0, 0.05) is 12.2 Å². The molecule has 0 radical (unpaired) electrons. The summed E-state index contributed by atoms with van der Waals surface area (Å²) in [4.78, 5) is 25.1. The number of carbonyl (C=O) groups excluding carboxylic acids is 2. The molecule has 0 saturated heterocycles. The van der Waals surface area contributed by atoms with Crippen LogP contribution < -0.4 is 5.32 Å². The third-order valence-electron chi connectivity index (χ3n) is 3.35. The van der Waals surface area contributed by atoms with Crippen LogP contribution in [-0.2, 0) is 24.4 Å². The molecule has 1 aromatic carbocycles. The first kappa shape index (κ1) is 17.9. The number of benzene rings is 1. The molecule has 1 aromatic rings. The summed E-state index contributed by atoms with van der Waals surface area (Å²) in [6, 6.07) is 5.15. The molecular formula is C14H16N2O7S. The number of nitrogens with one attached hydrogen (secondary N) is 1. The molecule has 24 heavy (non-hydrogen) atoms. The first-order valence-electron chi connectivity index (χ1n) is 6.84. The zero-order valence-electron chi connectivity index (χ0n) is 12.7. The van der Waals surface area contributed by atoms with Gasteiger partial charge in [-0.1, -0.05) is 6.07 Å². The molecule has 0 spiro atoms. The van der Waals surface area contributed by atoms with Gasteiger partial charge in [0.2, 0.25) is 0 Å². The third-order valence-corrected chi connectivity index (χ3v) is 4.20. The number of ether oxygens (including phenoxy) is 1. The Morgan fingerprint density at radius 1 is 1.42 bits per heavy atom. The van der Waals surface area contributed by atoms with Gasteiger partial charge >= 0.3 is 5.97 Å². The topological polar surface area (TPSA) is 133 Å². The zero-order valence-corrected chi connectivity index (χ0v) is 13.5. The number of rotatable bonds is 6. The Morgan fingerprint density at radius 2 is 2.12 bits per heavy atom. The normalized spacial score (nSPS) is 15.0. The lowest BCUT2D eigenvalue weighted by atomic mass is 10.2. The summed E-state index contributed by atoms with van der Waals surface area (Å²) in [5.74, 6) is -1.24. The third kappa shape index (κ3) is 3.72. The zero-order chi connectivity index (χ0) is 17.9. The molecule has 0 atom stereocenters. The summed E-state index contributed by atoms with van der Waals surface area (Å²) >= 11 is 0. The van der Waals surface area contributed by atoms with Crippen LogP contribution in [0.4, 0.5) is 5.69 Å². The summed E-state index contributed by atoms with van der Waals surface area (Å²) in [7, 11) is -3.23. The van der Waals surface area contributed by atoms with Crippen LogP contribution in [0.15, 0.2) is 40.4 Å². The van der Waals surface area contributed by atoms with Gasteiger partial charge in [0.1, 0.15) is 5.70 Å². The molecule has 0 aliphatic carbocycles. The lowest BCUT2D eigenvalue weighted by Crippen LogP contribution is -2.31. The Kier molecular flexibility index (Phi) is 5.22. The van der Waals surface area contributed by atoms with Crippen molar-refractivity contribution in [2.24, 2.45) is 0 Å². The second kappa shape index (κ2) is 6.99. The van der Waals surface area contributed by atoms with E-state index in [-0.39, 0.29) is 41.5 Å². The maximum atomic E-state index is 12.3. The van der Waals surface area contributed by atoms with Crippen molar-refractivity contribution in [3.8, 4) is 0 Å². The van der Waals surface area contributed by atoms with Gasteiger partial charge in [-0.15, -0.1) is 0 Å². The van der Waals surface area contributed by atoms with Crippen molar-refractivity contribution in [1.82, 2.24) is 4.90 Å². The highest BCUT2D eigenvalue weighted by Crippen LogP contribution is 2.24. The molecular weight excluding hydrogens is 340 g/mol. The highest BCUT2D eigenvalue weighted by molar-refractivity contribution is 7.85. The van der Waals surface area contributed by atoms with Gasteiger partial charge in [-0.05, 0) is 18.2 Å². The second-order valence-electron chi connectivity index (χ2n) is 4.92. The van der Waals surface area contributed by atoms with Crippen LogP contribution in [0, 0.1) is 0 Å². The maximum absolute atomic E-state index is 12.3. The van der Waals surface area contributed by atoms with Crippen LogP contribution >= 0.6 is 0 Å². The number of nitrogens with zero attached hydrogens (tertiary/aromatic N) is 1. The molecule has 1 amide bonds. The molecule has 10 heteroatoms. The minimum absolute atomic E-state index is 0.0353. The van der Waals surface area contributed by atoms with Crippen LogP contribution in [0.1, 0.15) is 0 Å². The fourth-order valence-corrected chi connectivity index (χ4v) is 2.75. The number of aliphatic hydroxyl groups excluding tert-OH is 1. The van der Waals surface area contributed by atoms with Gasteiger partial charge in [-0.25, -0.2) is 4.79 Å². The standard InChI is InChI=1S/C14H16N2O7S/c1-23-14(19)11-8-16(5-6-17)13(18)12(11)15-9-3-2-4-10(7-9)24(20,21)22/h2-4,7,15,17H,5-6,8H2,1H3,(H,20,21,22). The molecule has 0 aromatic heterocycles. The monoisotopic (exact) mass is 356 g/mol. The molecule has 0 saturated carbocycles. The number of esters is 1. The van der Waals surface area contributed by atoms with E-state index in [0.717, 1.165) is 6.07 Å². The number of aliphatic hydroxyl groups is 1. The second-order valence-corrected chi connectivity index (χ2v) is 6.34. The number of hydrogen-bond donors (Lipinski definition) is 3. The van der Waals surface area contributed by atoms with Crippen LogP contribution in [0.25, 0.3) is 0 Å². The van der Waals surface area contributed by atoms with Gasteiger partial charge in [0.25, 0.3) is 16.0 Å². The van der Waals surface area contributed by atoms with Gasteiger partial charge < -0.3 is 20.1 Å². The minimum atomic E-state index is -4.40. The van der Waals surface area contributed by atoms with Crippen molar-refractivity contribution in [2.75, 3.05) is 32.1 Å².